The number of nitriles is 1. The van der Waals surface area contributed by atoms with Crippen molar-refractivity contribution in [2.24, 2.45) is 0 Å². The maximum Gasteiger partial charge on any atom is 0.144 e. The summed E-state index contributed by atoms with van der Waals surface area (Å²) in [7, 11) is 0. The summed E-state index contributed by atoms with van der Waals surface area (Å²) in [6, 6.07) is 7.03. The van der Waals surface area contributed by atoms with Gasteiger partial charge in [-0.2, -0.15) is 5.26 Å². The zero-order valence-corrected chi connectivity index (χ0v) is 12.3. The number of rotatable bonds is 7. The van der Waals surface area contributed by atoms with Gasteiger partial charge in [0.1, 0.15) is 11.8 Å². The molecule has 1 heterocycles. The van der Waals surface area contributed by atoms with Crippen LogP contribution < -0.4 is 5.32 Å². The van der Waals surface area contributed by atoms with Gasteiger partial charge in [-0.3, -0.25) is 4.90 Å². The number of aromatic nitrogens is 1. The standard InChI is InChI=1S/C15H24N4/c1-12(2)19(13(3)4)9-8-17-11-14-6-5-7-18-15(14)10-16/h5-7,12-13,17H,8-9,11H2,1-4H3. The third-order valence-corrected chi connectivity index (χ3v) is 3.19. The Hall–Kier alpha value is -1.44. The largest absolute Gasteiger partial charge is 0.311 e. The summed E-state index contributed by atoms with van der Waals surface area (Å²) >= 11 is 0. The van der Waals surface area contributed by atoms with E-state index in [9.17, 15) is 0 Å². The number of nitrogens with zero attached hydrogens (tertiary/aromatic N) is 3. The van der Waals surface area contributed by atoms with E-state index in [-0.39, 0.29) is 0 Å². The maximum atomic E-state index is 8.96. The molecule has 0 aliphatic carbocycles. The molecule has 0 bridgehead atoms. The first-order chi connectivity index (χ1) is 9.06. The van der Waals surface area contributed by atoms with Gasteiger partial charge in [-0.25, -0.2) is 4.98 Å². The van der Waals surface area contributed by atoms with Crippen LogP contribution in [0.2, 0.25) is 0 Å². The van der Waals surface area contributed by atoms with Crippen LogP contribution in [0, 0.1) is 11.3 Å². The van der Waals surface area contributed by atoms with Crippen molar-refractivity contribution in [3.8, 4) is 6.07 Å². The number of hydrogen-bond acceptors (Lipinski definition) is 4. The Labute approximate surface area is 116 Å². The highest BCUT2D eigenvalue weighted by Gasteiger charge is 2.12. The first kappa shape index (κ1) is 15.6. The topological polar surface area (TPSA) is 52.0 Å². The number of pyridine rings is 1. The molecule has 0 aromatic carbocycles. The molecule has 0 fully saturated rings. The quantitative estimate of drug-likeness (QED) is 0.763. The number of hydrogen-bond donors (Lipinski definition) is 1. The second-order valence-electron chi connectivity index (χ2n) is 5.23. The fourth-order valence-electron chi connectivity index (χ4n) is 2.23. The van der Waals surface area contributed by atoms with E-state index in [2.05, 4.69) is 49.0 Å². The Balaban J connectivity index is 2.40. The maximum absolute atomic E-state index is 8.96. The molecule has 0 unspecified atom stereocenters. The highest BCUT2D eigenvalue weighted by molar-refractivity contribution is 5.30. The van der Waals surface area contributed by atoms with Crippen molar-refractivity contribution in [1.82, 2.24) is 15.2 Å². The van der Waals surface area contributed by atoms with E-state index in [1.165, 1.54) is 0 Å². The Bertz CT molecular complexity index is 412. The van der Waals surface area contributed by atoms with Crippen molar-refractivity contribution in [2.75, 3.05) is 13.1 Å². The van der Waals surface area contributed by atoms with Crippen LogP contribution >= 0.6 is 0 Å². The van der Waals surface area contributed by atoms with Crippen LogP contribution in [-0.4, -0.2) is 35.1 Å². The molecule has 0 aliphatic rings. The fraction of sp³-hybridized carbons (Fsp3) is 0.600. The Morgan fingerprint density at radius 1 is 1.32 bits per heavy atom. The van der Waals surface area contributed by atoms with Crippen molar-refractivity contribution >= 4 is 0 Å². The van der Waals surface area contributed by atoms with E-state index in [1.54, 1.807) is 6.20 Å². The van der Waals surface area contributed by atoms with Crippen molar-refractivity contribution in [3.63, 3.8) is 0 Å². The van der Waals surface area contributed by atoms with E-state index in [0.717, 1.165) is 18.7 Å². The van der Waals surface area contributed by atoms with Crippen molar-refractivity contribution in [3.05, 3.63) is 29.6 Å². The summed E-state index contributed by atoms with van der Waals surface area (Å²) in [5, 5.41) is 12.3. The molecule has 1 rings (SSSR count). The molecule has 0 saturated carbocycles. The smallest absolute Gasteiger partial charge is 0.144 e. The van der Waals surface area contributed by atoms with E-state index in [1.807, 2.05) is 12.1 Å². The first-order valence-corrected chi connectivity index (χ1v) is 6.86. The van der Waals surface area contributed by atoms with Crippen LogP contribution in [0.4, 0.5) is 0 Å². The SMILES string of the molecule is CC(C)N(CCNCc1cccnc1C#N)C(C)C. The molecule has 0 spiro atoms. The van der Waals surface area contributed by atoms with Crippen molar-refractivity contribution in [2.45, 2.75) is 46.3 Å². The second kappa shape index (κ2) is 7.88. The lowest BCUT2D eigenvalue weighted by atomic mass is 10.2. The van der Waals surface area contributed by atoms with Gasteiger partial charge < -0.3 is 5.32 Å². The van der Waals surface area contributed by atoms with Crippen LogP contribution in [0.15, 0.2) is 18.3 Å². The van der Waals surface area contributed by atoms with Gasteiger partial charge in [0.15, 0.2) is 0 Å². The Morgan fingerprint density at radius 2 is 2.00 bits per heavy atom. The third kappa shape index (κ3) is 4.98. The summed E-state index contributed by atoms with van der Waals surface area (Å²) in [5.74, 6) is 0. The van der Waals surface area contributed by atoms with Crippen LogP contribution in [0.3, 0.4) is 0 Å². The Morgan fingerprint density at radius 3 is 2.58 bits per heavy atom. The van der Waals surface area contributed by atoms with Crippen LogP contribution in [0.5, 0.6) is 0 Å². The van der Waals surface area contributed by atoms with E-state index in [0.29, 0.717) is 24.3 Å². The predicted octanol–water partition coefficient (Wildman–Crippen LogP) is 2.16. The second-order valence-corrected chi connectivity index (χ2v) is 5.23. The summed E-state index contributed by atoms with van der Waals surface area (Å²) in [4.78, 5) is 6.50. The van der Waals surface area contributed by atoms with Gasteiger partial charge >= 0.3 is 0 Å². The lowest BCUT2D eigenvalue weighted by molar-refractivity contribution is 0.176. The lowest BCUT2D eigenvalue weighted by Crippen LogP contribution is -2.41. The summed E-state index contributed by atoms with van der Waals surface area (Å²) in [6.07, 6.45) is 1.65. The van der Waals surface area contributed by atoms with Gasteiger partial charge in [0.25, 0.3) is 0 Å². The van der Waals surface area contributed by atoms with Gasteiger partial charge in [0.05, 0.1) is 0 Å². The molecule has 0 atom stereocenters. The molecule has 1 N–H and O–H groups in total. The van der Waals surface area contributed by atoms with Crippen molar-refractivity contribution < 1.29 is 0 Å². The zero-order chi connectivity index (χ0) is 14.3. The minimum absolute atomic E-state index is 0.513. The molecule has 4 heteroatoms. The van der Waals surface area contributed by atoms with Gasteiger partial charge in [-0.05, 0) is 33.8 Å². The predicted molar refractivity (Wildman–Crippen MR) is 77.6 cm³/mol. The minimum Gasteiger partial charge on any atom is -0.311 e. The molecular weight excluding hydrogens is 236 g/mol. The van der Waals surface area contributed by atoms with E-state index < -0.39 is 0 Å². The Kier molecular flexibility index (Phi) is 6.48. The van der Waals surface area contributed by atoms with Crippen LogP contribution in [0.25, 0.3) is 0 Å². The average Bonchev–Trinajstić information content (AvgIpc) is 2.38. The molecule has 0 saturated heterocycles. The normalized spacial score (nSPS) is 11.3. The molecule has 1 aromatic heterocycles. The fourth-order valence-corrected chi connectivity index (χ4v) is 2.23. The van der Waals surface area contributed by atoms with E-state index >= 15 is 0 Å². The summed E-state index contributed by atoms with van der Waals surface area (Å²) in [5.41, 5.74) is 1.48. The molecular formula is C15H24N4. The van der Waals surface area contributed by atoms with E-state index in [4.69, 9.17) is 5.26 Å². The lowest BCUT2D eigenvalue weighted by Gasteiger charge is -2.30. The minimum atomic E-state index is 0.513. The average molecular weight is 260 g/mol. The van der Waals surface area contributed by atoms with Gasteiger partial charge in [0.2, 0.25) is 0 Å². The summed E-state index contributed by atoms with van der Waals surface area (Å²) < 4.78 is 0. The number of nitrogens with one attached hydrogen (secondary N) is 1. The molecule has 1 aromatic rings. The first-order valence-electron chi connectivity index (χ1n) is 6.86. The highest BCUT2D eigenvalue weighted by Crippen LogP contribution is 2.05. The zero-order valence-electron chi connectivity index (χ0n) is 12.3. The molecule has 0 aliphatic heterocycles. The molecule has 19 heavy (non-hydrogen) atoms. The monoisotopic (exact) mass is 260 g/mol. The van der Waals surface area contributed by atoms with Crippen molar-refractivity contribution in [1.29, 1.82) is 5.26 Å². The summed E-state index contributed by atoms with van der Waals surface area (Å²) in [6.45, 7) is 11.5. The molecule has 104 valence electrons. The highest BCUT2D eigenvalue weighted by atomic mass is 15.2. The molecule has 4 nitrogen and oxygen atoms in total. The van der Waals surface area contributed by atoms with Gasteiger partial charge in [-0.15, -0.1) is 0 Å². The van der Waals surface area contributed by atoms with Crippen LogP contribution in [-0.2, 0) is 6.54 Å². The third-order valence-electron chi connectivity index (χ3n) is 3.19. The molecule has 0 radical (unpaired) electrons. The molecule has 0 amide bonds. The van der Waals surface area contributed by atoms with Gasteiger partial charge in [0, 0.05) is 43.5 Å². The van der Waals surface area contributed by atoms with Gasteiger partial charge in [-0.1, -0.05) is 6.07 Å². The van der Waals surface area contributed by atoms with Crippen LogP contribution in [0.1, 0.15) is 39.0 Å².